The highest BCUT2D eigenvalue weighted by molar-refractivity contribution is 7.10. The van der Waals surface area contributed by atoms with Gasteiger partial charge in [-0.2, -0.15) is 0 Å². The van der Waals surface area contributed by atoms with E-state index in [-0.39, 0.29) is 31.7 Å². The van der Waals surface area contributed by atoms with Crippen molar-refractivity contribution < 1.29 is 23.2 Å². The summed E-state index contributed by atoms with van der Waals surface area (Å²) in [6.45, 7) is 0.0920. The van der Waals surface area contributed by atoms with Crippen LogP contribution in [0.5, 0.6) is 0 Å². The molecule has 1 unspecified atom stereocenters. The molecule has 2 amide bonds. The number of aromatic nitrogens is 2. The molecule has 1 aliphatic carbocycles. The van der Waals surface area contributed by atoms with Gasteiger partial charge < -0.3 is 11.1 Å². The van der Waals surface area contributed by atoms with Crippen LogP contribution in [0.25, 0.3) is 0 Å². The van der Waals surface area contributed by atoms with Crippen LogP contribution >= 0.6 is 22.7 Å². The van der Waals surface area contributed by atoms with E-state index in [1.54, 1.807) is 41.2 Å². The lowest BCUT2D eigenvalue weighted by atomic mass is 9.81. The molecule has 0 radical (unpaired) electrons. The molecule has 0 saturated heterocycles. The van der Waals surface area contributed by atoms with Gasteiger partial charge in [-0.3, -0.25) is 14.4 Å². The number of amides is 2. The zero-order valence-corrected chi connectivity index (χ0v) is 21.0. The molecule has 7 nitrogen and oxygen atoms in total. The number of halogens is 2. The number of Topliss-reactive ketones (excluding diaryl/α,β-unsaturated/α-hetero) is 1. The number of nitrogens with two attached hydrogens (primary N) is 1. The standard InChI is InChI=1S/C25H26F2N4O3S2/c26-25(27)8-6-16(7-9-25)24-31-18(14-36-24)20(22(28)33)17(12-15-4-2-1-3-5-15)21(32)23(34)30-13-19-29-10-11-35-19/h1-5,10-11,14,16-17,20H,6-9,12-13H2,(H2,28,33)(H,30,34)/t17-,20?/m1/s1. The summed E-state index contributed by atoms with van der Waals surface area (Å²) < 4.78 is 27.2. The third kappa shape index (κ3) is 6.38. The van der Waals surface area contributed by atoms with Crippen LogP contribution in [0.4, 0.5) is 8.78 Å². The maximum Gasteiger partial charge on any atom is 0.288 e. The van der Waals surface area contributed by atoms with Crippen LogP contribution in [0.2, 0.25) is 0 Å². The molecular weight excluding hydrogens is 506 g/mol. The average Bonchev–Trinajstić information content (AvgIpc) is 3.55. The van der Waals surface area contributed by atoms with E-state index in [4.69, 9.17) is 5.73 Å². The Bertz CT molecular complexity index is 1190. The van der Waals surface area contributed by atoms with E-state index in [1.807, 2.05) is 6.07 Å². The quantitative estimate of drug-likeness (QED) is 0.380. The van der Waals surface area contributed by atoms with Gasteiger partial charge in [0.05, 0.1) is 23.2 Å². The first kappa shape index (κ1) is 26.0. The van der Waals surface area contributed by atoms with Crippen molar-refractivity contribution in [2.24, 2.45) is 11.7 Å². The second-order valence-corrected chi connectivity index (χ2v) is 10.8. The van der Waals surface area contributed by atoms with Gasteiger partial charge in [-0.15, -0.1) is 22.7 Å². The molecule has 1 fully saturated rings. The number of hydrogen-bond acceptors (Lipinski definition) is 7. The van der Waals surface area contributed by atoms with E-state index in [1.165, 1.54) is 22.7 Å². The first-order chi connectivity index (χ1) is 17.2. The summed E-state index contributed by atoms with van der Waals surface area (Å²) in [6.07, 6.45) is 1.89. The smallest absolute Gasteiger partial charge is 0.288 e. The van der Waals surface area contributed by atoms with Gasteiger partial charge in [-0.25, -0.2) is 18.7 Å². The number of thiazole rings is 2. The molecule has 1 aliphatic rings. The third-order valence-corrected chi connectivity index (χ3v) is 8.18. The number of alkyl halides is 2. The van der Waals surface area contributed by atoms with Crippen molar-refractivity contribution in [3.05, 3.63) is 68.6 Å². The van der Waals surface area contributed by atoms with Crippen LogP contribution in [0.15, 0.2) is 47.3 Å². The zero-order chi connectivity index (χ0) is 25.7. The summed E-state index contributed by atoms with van der Waals surface area (Å²) in [5.41, 5.74) is 6.83. The molecule has 0 spiro atoms. The fraction of sp³-hybridized carbons (Fsp3) is 0.400. The highest BCUT2D eigenvalue weighted by atomic mass is 32.1. The zero-order valence-electron chi connectivity index (χ0n) is 19.4. The Morgan fingerprint density at radius 2 is 1.86 bits per heavy atom. The van der Waals surface area contributed by atoms with E-state index in [0.29, 0.717) is 28.6 Å². The molecule has 2 atom stereocenters. The van der Waals surface area contributed by atoms with Crippen LogP contribution < -0.4 is 11.1 Å². The van der Waals surface area contributed by atoms with E-state index in [0.717, 1.165) is 5.56 Å². The number of carbonyl (C=O) groups is 3. The SMILES string of the molecule is NC(=O)C(c1csc(C2CCC(F)(F)CC2)n1)[C@@H](Cc1ccccc1)C(=O)C(=O)NCc1nccs1. The van der Waals surface area contributed by atoms with E-state index < -0.39 is 35.4 Å². The Balaban J connectivity index is 1.58. The number of benzene rings is 1. The fourth-order valence-electron chi connectivity index (χ4n) is 4.45. The number of hydrogen-bond donors (Lipinski definition) is 2. The average molecular weight is 533 g/mol. The second-order valence-electron chi connectivity index (χ2n) is 8.89. The predicted octanol–water partition coefficient (Wildman–Crippen LogP) is 4.21. The molecule has 1 saturated carbocycles. The summed E-state index contributed by atoms with van der Waals surface area (Å²) in [6, 6.07) is 9.05. The van der Waals surface area contributed by atoms with Crippen molar-refractivity contribution in [2.75, 3.05) is 0 Å². The van der Waals surface area contributed by atoms with E-state index >= 15 is 0 Å². The van der Waals surface area contributed by atoms with Crippen LogP contribution in [0, 0.1) is 5.92 Å². The van der Waals surface area contributed by atoms with Gasteiger partial charge in [-0.05, 0) is 24.8 Å². The molecular formula is C25H26F2N4O3S2. The lowest BCUT2D eigenvalue weighted by Gasteiger charge is -2.27. The molecule has 2 aromatic heterocycles. The maximum atomic E-state index is 13.6. The van der Waals surface area contributed by atoms with Gasteiger partial charge in [0.2, 0.25) is 17.6 Å². The molecule has 11 heteroatoms. The molecule has 3 N–H and O–H groups in total. The van der Waals surface area contributed by atoms with Gasteiger partial charge in [0.15, 0.2) is 0 Å². The largest absolute Gasteiger partial charge is 0.369 e. The Morgan fingerprint density at radius 1 is 1.14 bits per heavy atom. The van der Waals surface area contributed by atoms with Gasteiger partial charge in [0, 0.05) is 41.6 Å². The van der Waals surface area contributed by atoms with Crippen LogP contribution in [0.1, 0.15) is 58.8 Å². The lowest BCUT2D eigenvalue weighted by molar-refractivity contribution is -0.141. The van der Waals surface area contributed by atoms with Crippen molar-refractivity contribution in [3.8, 4) is 0 Å². The Labute approximate surface area is 215 Å². The monoisotopic (exact) mass is 532 g/mol. The van der Waals surface area contributed by atoms with Crippen molar-refractivity contribution >= 4 is 40.3 Å². The summed E-state index contributed by atoms with van der Waals surface area (Å²) in [5, 5.41) is 7.28. The fourth-order valence-corrected chi connectivity index (χ4v) is 6.03. The maximum absolute atomic E-state index is 13.6. The van der Waals surface area contributed by atoms with Crippen molar-refractivity contribution in [2.45, 2.75) is 56.4 Å². The van der Waals surface area contributed by atoms with E-state index in [9.17, 15) is 23.2 Å². The summed E-state index contributed by atoms with van der Waals surface area (Å²) in [4.78, 5) is 47.5. The first-order valence-corrected chi connectivity index (χ1v) is 13.4. The van der Waals surface area contributed by atoms with E-state index in [2.05, 4.69) is 15.3 Å². The minimum atomic E-state index is -2.66. The van der Waals surface area contributed by atoms with Crippen LogP contribution in [0.3, 0.4) is 0 Å². The number of nitrogens with zero attached hydrogens (tertiary/aromatic N) is 2. The van der Waals surface area contributed by atoms with Gasteiger partial charge in [0.1, 0.15) is 5.01 Å². The normalized spacial score (nSPS) is 17.3. The minimum Gasteiger partial charge on any atom is -0.369 e. The minimum absolute atomic E-state index is 0.0920. The summed E-state index contributed by atoms with van der Waals surface area (Å²) in [7, 11) is 0. The van der Waals surface area contributed by atoms with Gasteiger partial charge in [-0.1, -0.05) is 30.3 Å². The number of ketones is 1. The number of carbonyl (C=O) groups excluding carboxylic acids is 3. The Morgan fingerprint density at radius 3 is 2.50 bits per heavy atom. The van der Waals surface area contributed by atoms with Gasteiger partial charge >= 0.3 is 0 Å². The summed E-state index contributed by atoms with van der Waals surface area (Å²) in [5.74, 6) is -7.39. The molecule has 0 bridgehead atoms. The number of rotatable bonds is 10. The number of nitrogens with one attached hydrogen (secondary N) is 1. The molecule has 1 aromatic carbocycles. The highest BCUT2D eigenvalue weighted by Gasteiger charge is 2.40. The first-order valence-electron chi connectivity index (χ1n) is 11.6. The van der Waals surface area contributed by atoms with Crippen molar-refractivity contribution in [3.63, 3.8) is 0 Å². The molecule has 36 heavy (non-hydrogen) atoms. The molecule has 0 aliphatic heterocycles. The van der Waals surface area contributed by atoms with Gasteiger partial charge in [0.25, 0.3) is 5.91 Å². The Kier molecular flexibility index (Phi) is 8.20. The Hall–Kier alpha value is -3.05. The third-order valence-electron chi connectivity index (χ3n) is 6.38. The topological polar surface area (TPSA) is 115 Å². The van der Waals surface area contributed by atoms with Crippen LogP contribution in [-0.2, 0) is 27.3 Å². The highest BCUT2D eigenvalue weighted by Crippen LogP contribution is 2.42. The van der Waals surface area contributed by atoms with Crippen LogP contribution in [-0.4, -0.2) is 33.5 Å². The molecule has 3 aromatic rings. The second kappa shape index (κ2) is 11.3. The molecule has 190 valence electrons. The number of primary amides is 1. The molecule has 2 heterocycles. The lowest BCUT2D eigenvalue weighted by Crippen LogP contribution is -2.41. The van der Waals surface area contributed by atoms with Crippen molar-refractivity contribution in [1.29, 1.82) is 0 Å². The molecule has 4 rings (SSSR count). The van der Waals surface area contributed by atoms with Crippen molar-refractivity contribution in [1.82, 2.24) is 15.3 Å². The summed E-state index contributed by atoms with van der Waals surface area (Å²) >= 11 is 2.62. The predicted molar refractivity (Wildman–Crippen MR) is 133 cm³/mol.